The summed E-state index contributed by atoms with van der Waals surface area (Å²) in [6.07, 6.45) is 2.02. The molecule has 1 aromatic rings. The monoisotopic (exact) mass is 253 g/mol. The van der Waals surface area contributed by atoms with Crippen LogP contribution in [0.3, 0.4) is 0 Å². The Morgan fingerprint density at radius 3 is 2.53 bits per heavy atom. The van der Waals surface area contributed by atoms with E-state index in [1.807, 2.05) is 24.9 Å². The molecule has 1 N–H and O–H groups in total. The first kappa shape index (κ1) is 14.3. The van der Waals surface area contributed by atoms with Gasteiger partial charge in [-0.15, -0.1) is 11.8 Å². The number of hydrogen-bond acceptors (Lipinski definition) is 4. The average Bonchev–Trinajstić information content (AvgIpc) is 2.28. The fourth-order valence-corrected chi connectivity index (χ4v) is 2.31. The number of rotatable bonds is 6. The zero-order valence-electron chi connectivity index (χ0n) is 11.4. The lowest BCUT2D eigenvalue weighted by Gasteiger charge is -2.15. The zero-order chi connectivity index (χ0) is 12.8. The van der Waals surface area contributed by atoms with Gasteiger partial charge in [-0.25, -0.2) is 9.97 Å². The van der Waals surface area contributed by atoms with Gasteiger partial charge in [0.1, 0.15) is 16.7 Å². The molecule has 3 nitrogen and oxygen atoms in total. The molecule has 0 bridgehead atoms. The summed E-state index contributed by atoms with van der Waals surface area (Å²) in [5.41, 5.74) is 0. The van der Waals surface area contributed by atoms with Crippen molar-refractivity contribution in [3.63, 3.8) is 0 Å². The number of nitrogens with zero attached hydrogens (tertiary/aromatic N) is 2. The van der Waals surface area contributed by atoms with Crippen molar-refractivity contribution in [1.82, 2.24) is 9.97 Å². The lowest BCUT2D eigenvalue weighted by atomic mass is 10.2. The van der Waals surface area contributed by atoms with Crippen LogP contribution in [0.2, 0.25) is 0 Å². The highest BCUT2D eigenvalue weighted by atomic mass is 32.2. The standard InChI is InChI=1S/C13H23N3S/c1-6-7-11-15-12(14-5)8-13(16-11)17-10(4)9(2)3/h8-10H,6-7H2,1-5H3,(H,14,15,16). The molecule has 96 valence electrons. The Morgan fingerprint density at radius 2 is 2.00 bits per heavy atom. The summed E-state index contributed by atoms with van der Waals surface area (Å²) in [4.78, 5) is 9.06. The molecule has 1 unspecified atom stereocenters. The highest BCUT2D eigenvalue weighted by molar-refractivity contribution is 7.99. The van der Waals surface area contributed by atoms with Crippen LogP contribution in [0.1, 0.15) is 39.9 Å². The predicted molar refractivity (Wildman–Crippen MR) is 75.7 cm³/mol. The Morgan fingerprint density at radius 1 is 1.29 bits per heavy atom. The van der Waals surface area contributed by atoms with Crippen LogP contribution >= 0.6 is 11.8 Å². The van der Waals surface area contributed by atoms with Crippen molar-refractivity contribution < 1.29 is 0 Å². The second-order valence-corrected chi connectivity index (χ2v) is 5.97. The molecule has 0 fully saturated rings. The molecule has 0 saturated heterocycles. The Hall–Kier alpha value is -0.770. The highest BCUT2D eigenvalue weighted by Gasteiger charge is 2.11. The van der Waals surface area contributed by atoms with Crippen LogP contribution in [0.15, 0.2) is 11.1 Å². The molecule has 0 saturated carbocycles. The summed E-state index contributed by atoms with van der Waals surface area (Å²) >= 11 is 1.83. The Bertz CT molecular complexity index is 353. The van der Waals surface area contributed by atoms with Crippen LogP contribution < -0.4 is 5.32 Å². The molecule has 1 atom stereocenters. The second-order valence-electron chi connectivity index (χ2n) is 4.57. The topological polar surface area (TPSA) is 37.8 Å². The molecule has 0 aliphatic rings. The van der Waals surface area contributed by atoms with Crippen molar-refractivity contribution in [3.05, 3.63) is 11.9 Å². The largest absolute Gasteiger partial charge is 0.373 e. The van der Waals surface area contributed by atoms with Gasteiger partial charge in [0.15, 0.2) is 0 Å². The quantitative estimate of drug-likeness (QED) is 0.621. The van der Waals surface area contributed by atoms with Crippen LogP contribution in [-0.2, 0) is 6.42 Å². The third-order valence-corrected chi connectivity index (χ3v) is 4.09. The molecule has 0 radical (unpaired) electrons. The molecule has 0 amide bonds. The van der Waals surface area contributed by atoms with Crippen LogP contribution in [0.4, 0.5) is 5.82 Å². The van der Waals surface area contributed by atoms with Gasteiger partial charge in [-0.2, -0.15) is 0 Å². The minimum Gasteiger partial charge on any atom is -0.373 e. The molecular formula is C13H23N3S. The molecule has 0 spiro atoms. The smallest absolute Gasteiger partial charge is 0.132 e. The van der Waals surface area contributed by atoms with E-state index in [0.717, 1.165) is 29.5 Å². The summed E-state index contributed by atoms with van der Waals surface area (Å²) in [6, 6.07) is 2.03. The maximum Gasteiger partial charge on any atom is 0.132 e. The zero-order valence-corrected chi connectivity index (χ0v) is 12.3. The lowest BCUT2D eigenvalue weighted by molar-refractivity contribution is 0.641. The van der Waals surface area contributed by atoms with E-state index in [9.17, 15) is 0 Å². The van der Waals surface area contributed by atoms with E-state index in [1.165, 1.54) is 0 Å². The number of anilines is 1. The number of aryl methyl sites for hydroxylation is 1. The summed E-state index contributed by atoms with van der Waals surface area (Å²) in [5.74, 6) is 2.52. The van der Waals surface area contributed by atoms with E-state index in [0.29, 0.717) is 11.2 Å². The van der Waals surface area contributed by atoms with E-state index >= 15 is 0 Å². The molecule has 0 aliphatic heterocycles. The van der Waals surface area contributed by atoms with Gasteiger partial charge in [-0.05, 0) is 12.3 Å². The highest BCUT2D eigenvalue weighted by Crippen LogP contribution is 2.27. The summed E-state index contributed by atoms with van der Waals surface area (Å²) < 4.78 is 0. The lowest BCUT2D eigenvalue weighted by Crippen LogP contribution is -2.07. The first-order valence-corrected chi connectivity index (χ1v) is 7.17. The minimum atomic E-state index is 0.573. The van der Waals surface area contributed by atoms with Gasteiger partial charge >= 0.3 is 0 Å². The average molecular weight is 253 g/mol. The fourth-order valence-electron chi connectivity index (χ4n) is 1.32. The van der Waals surface area contributed by atoms with Gasteiger partial charge < -0.3 is 5.32 Å². The normalized spacial score (nSPS) is 12.8. The maximum atomic E-state index is 4.61. The first-order chi connectivity index (χ1) is 8.06. The van der Waals surface area contributed by atoms with E-state index in [2.05, 4.69) is 43.0 Å². The van der Waals surface area contributed by atoms with Crippen LogP contribution in [0.25, 0.3) is 0 Å². The van der Waals surface area contributed by atoms with Gasteiger partial charge in [0.05, 0.1) is 0 Å². The van der Waals surface area contributed by atoms with E-state index < -0.39 is 0 Å². The van der Waals surface area contributed by atoms with Gasteiger partial charge in [0.25, 0.3) is 0 Å². The third-order valence-electron chi connectivity index (χ3n) is 2.72. The van der Waals surface area contributed by atoms with Crippen LogP contribution in [0.5, 0.6) is 0 Å². The Kier molecular flexibility index (Phi) is 5.75. The van der Waals surface area contributed by atoms with E-state index in [1.54, 1.807) is 0 Å². The molecular weight excluding hydrogens is 230 g/mol. The second kappa shape index (κ2) is 6.84. The van der Waals surface area contributed by atoms with Gasteiger partial charge in [-0.3, -0.25) is 0 Å². The van der Waals surface area contributed by atoms with Crippen molar-refractivity contribution >= 4 is 17.6 Å². The van der Waals surface area contributed by atoms with E-state index in [4.69, 9.17) is 0 Å². The van der Waals surface area contributed by atoms with E-state index in [-0.39, 0.29) is 0 Å². The van der Waals surface area contributed by atoms with Gasteiger partial charge in [0, 0.05) is 24.8 Å². The minimum absolute atomic E-state index is 0.573. The van der Waals surface area contributed by atoms with Crippen LogP contribution in [-0.4, -0.2) is 22.3 Å². The fraction of sp³-hybridized carbons (Fsp3) is 0.692. The number of nitrogens with one attached hydrogen (secondary N) is 1. The molecule has 17 heavy (non-hydrogen) atoms. The number of aromatic nitrogens is 2. The summed E-state index contributed by atoms with van der Waals surface area (Å²) in [5, 5.41) is 4.76. The van der Waals surface area contributed by atoms with Crippen LogP contribution in [0, 0.1) is 5.92 Å². The van der Waals surface area contributed by atoms with Gasteiger partial charge in [0.2, 0.25) is 0 Å². The van der Waals surface area contributed by atoms with Crippen molar-refractivity contribution in [2.24, 2.45) is 5.92 Å². The maximum absolute atomic E-state index is 4.61. The molecule has 1 heterocycles. The van der Waals surface area contributed by atoms with Crippen molar-refractivity contribution in [1.29, 1.82) is 0 Å². The van der Waals surface area contributed by atoms with Gasteiger partial charge in [-0.1, -0.05) is 27.7 Å². The molecule has 0 aromatic carbocycles. The Balaban J connectivity index is 2.86. The molecule has 0 aliphatic carbocycles. The van der Waals surface area contributed by atoms with Crippen molar-refractivity contribution in [2.75, 3.05) is 12.4 Å². The third kappa shape index (κ3) is 4.54. The SMILES string of the molecule is CCCc1nc(NC)cc(SC(C)C(C)C)n1. The Labute approximate surface area is 109 Å². The molecule has 1 rings (SSSR count). The number of thioether (sulfide) groups is 1. The summed E-state index contributed by atoms with van der Waals surface area (Å²) in [7, 11) is 1.90. The van der Waals surface area contributed by atoms with Crippen molar-refractivity contribution in [3.8, 4) is 0 Å². The first-order valence-electron chi connectivity index (χ1n) is 6.29. The number of hydrogen-bond donors (Lipinski definition) is 1. The van der Waals surface area contributed by atoms with Crippen molar-refractivity contribution in [2.45, 2.75) is 50.8 Å². The summed E-state index contributed by atoms with van der Waals surface area (Å²) in [6.45, 7) is 8.88. The molecule has 4 heteroatoms. The molecule has 1 aromatic heterocycles. The predicted octanol–water partition coefficient (Wildman–Crippen LogP) is 3.61.